The Morgan fingerprint density at radius 3 is 2.37 bits per heavy atom. The van der Waals surface area contributed by atoms with Crippen LogP contribution in [0.15, 0.2) is 65.7 Å². The molecule has 0 amide bonds. The van der Waals surface area contributed by atoms with Crippen molar-refractivity contribution in [1.29, 1.82) is 5.41 Å². The first-order chi connectivity index (χ1) is 18.2. The van der Waals surface area contributed by atoms with Crippen LogP contribution in [0.1, 0.15) is 42.3 Å². The quantitative estimate of drug-likeness (QED) is 0.191. The molecule has 2 aromatic carbocycles. The van der Waals surface area contributed by atoms with Gasteiger partial charge in [-0.1, -0.05) is 24.3 Å². The predicted octanol–water partition coefficient (Wildman–Crippen LogP) is 2.51. The highest BCUT2D eigenvalue weighted by Gasteiger charge is 2.23. The smallest absolute Gasteiger partial charge is 0.350 e. The van der Waals surface area contributed by atoms with Gasteiger partial charge >= 0.3 is 5.69 Å². The first-order valence-corrected chi connectivity index (χ1v) is 11.6. The van der Waals surface area contributed by atoms with Crippen molar-refractivity contribution in [2.24, 2.45) is 5.73 Å². The van der Waals surface area contributed by atoms with Crippen LogP contribution in [0.25, 0.3) is 5.95 Å². The fraction of sp³-hybridized carbons (Fsp3) is 0.231. The molecule has 0 aliphatic rings. The van der Waals surface area contributed by atoms with Gasteiger partial charge in [-0.3, -0.25) is 15.2 Å². The number of aliphatic carboxylic acids is 1. The summed E-state index contributed by atoms with van der Waals surface area (Å²) in [5, 5.41) is 19.6. The summed E-state index contributed by atoms with van der Waals surface area (Å²) in [6, 6.07) is 14.7. The second kappa shape index (κ2) is 12.8. The Morgan fingerprint density at radius 1 is 1.16 bits per heavy atom. The van der Waals surface area contributed by atoms with Crippen LogP contribution in [0.3, 0.4) is 0 Å². The molecule has 5 N–H and O–H groups in total. The summed E-state index contributed by atoms with van der Waals surface area (Å²) in [6.07, 6.45) is 3.61. The molecule has 0 aliphatic carbocycles. The van der Waals surface area contributed by atoms with Crippen molar-refractivity contribution in [1.82, 2.24) is 24.7 Å². The lowest BCUT2D eigenvalue weighted by Gasteiger charge is -2.18. The number of hydrogen-bond donors (Lipinski definition) is 4. The summed E-state index contributed by atoms with van der Waals surface area (Å²) >= 11 is 0. The number of carboxylic acid groups (broad SMARTS) is 1. The predicted molar refractivity (Wildman–Crippen MR) is 140 cm³/mol. The lowest BCUT2D eigenvalue weighted by molar-refractivity contribution is -0.134. The molecule has 2 aromatic heterocycles. The third-order valence-corrected chi connectivity index (χ3v) is 5.26. The summed E-state index contributed by atoms with van der Waals surface area (Å²) in [5.74, 6) is 0.746. The zero-order valence-electron chi connectivity index (χ0n) is 21.2. The van der Waals surface area contributed by atoms with Gasteiger partial charge in [-0.05, 0) is 42.7 Å². The fourth-order valence-corrected chi connectivity index (χ4v) is 3.62. The number of carbonyl (C=O) groups is 1. The van der Waals surface area contributed by atoms with Crippen molar-refractivity contribution in [3.8, 4) is 17.4 Å². The van der Waals surface area contributed by atoms with E-state index in [0.717, 1.165) is 22.7 Å². The second-order valence-electron chi connectivity index (χ2n) is 8.04. The van der Waals surface area contributed by atoms with Gasteiger partial charge in [-0.15, -0.1) is 9.78 Å². The van der Waals surface area contributed by atoms with Gasteiger partial charge in [-0.25, -0.2) is 14.8 Å². The maximum Gasteiger partial charge on any atom is 0.350 e. The molecule has 0 fully saturated rings. The molecular formula is C26H29N7O5. The van der Waals surface area contributed by atoms with Crippen molar-refractivity contribution in [3.63, 3.8) is 0 Å². The summed E-state index contributed by atoms with van der Waals surface area (Å²) in [6.45, 7) is 3.49. The Bertz CT molecular complexity index is 1430. The zero-order valence-corrected chi connectivity index (χ0v) is 21.2. The molecule has 1 atom stereocenters. The molecule has 0 saturated carbocycles. The van der Waals surface area contributed by atoms with E-state index in [4.69, 9.17) is 30.5 Å². The van der Waals surface area contributed by atoms with E-state index >= 15 is 0 Å². The molecule has 0 bridgehead atoms. The van der Waals surface area contributed by atoms with Gasteiger partial charge in [-0.2, -0.15) is 0 Å². The molecule has 0 radical (unpaired) electrons. The Labute approximate surface area is 218 Å². The molecule has 4 aromatic rings. The van der Waals surface area contributed by atoms with Gasteiger partial charge in [0.15, 0.2) is 0 Å². The van der Waals surface area contributed by atoms with Crippen molar-refractivity contribution < 1.29 is 19.4 Å². The van der Waals surface area contributed by atoms with Crippen LogP contribution in [0.5, 0.6) is 11.5 Å². The van der Waals surface area contributed by atoms with Crippen molar-refractivity contribution >= 4 is 11.8 Å². The number of carboxylic acids is 1. The number of amidine groups is 1. The van der Waals surface area contributed by atoms with Crippen LogP contribution in [0.2, 0.25) is 0 Å². The lowest BCUT2D eigenvalue weighted by atomic mass is 9.90. The van der Waals surface area contributed by atoms with Crippen LogP contribution < -0.4 is 20.9 Å². The van der Waals surface area contributed by atoms with Gasteiger partial charge in [0, 0.05) is 36.9 Å². The number of nitrogens with two attached hydrogens (primary N) is 1. The maximum atomic E-state index is 12.7. The highest BCUT2D eigenvalue weighted by atomic mass is 16.5. The standard InChI is InChI=1S/C24H25N7O3.C2H4O2/c1-3-34-19-13-17(12-18(14-19)33-2)20(11-15-5-7-16(8-6-15)21(25)26)22-29-24(32)31(30-22)23-27-9-4-10-28-23;1-2(3)4/h4-10,12-14,20H,3,11H2,1-2H3,(H3,25,26)(H,29,30,32);1H3,(H,3,4). The van der Waals surface area contributed by atoms with Crippen LogP contribution >= 0.6 is 0 Å². The zero-order chi connectivity index (χ0) is 27.7. The van der Waals surface area contributed by atoms with E-state index in [9.17, 15) is 4.79 Å². The van der Waals surface area contributed by atoms with E-state index in [-0.39, 0.29) is 17.7 Å². The van der Waals surface area contributed by atoms with Gasteiger partial charge in [0.25, 0.3) is 11.9 Å². The minimum absolute atomic E-state index is 0.00295. The van der Waals surface area contributed by atoms with Crippen LogP contribution in [0.4, 0.5) is 0 Å². The Morgan fingerprint density at radius 2 is 1.79 bits per heavy atom. The Kier molecular flexibility index (Phi) is 9.30. The van der Waals surface area contributed by atoms with E-state index in [2.05, 4.69) is 20.1 Å². The monoisotopic (exact) mass is 519 g/mol. The third kappa shape index (κ3) is 7.26. The van der Waals surface area contributed by atoms with Gasteiger partial charge in [0.1, 0.15) is 23.2 Å². The number of H-pyrrole nitrogens is 1. The van der Waals surface area contributed by atoms with Gasteiger partial charge in [0.05, 0.1) is 13.7 Å². The number of aromatic amines is 1. The molecular weight excluding hydrogens is 490 g/mol. The molecule has 2 heterocycles. The lowest BCUT2D eigenvalue weighted by Crippen LogP contribution is -2.18. The number of nitrogens with zero attached hydrogens (tertiary/aromatic N) is 4. The molecule has 4 rings (SSSR count). The fourth-order valence-electron chi connectivity index (χ4n) is 3.62. The molecule has 0 saturated heterocycles. The van der Waals surface area contributed by atoms with E-state index < -0.39 is 11.7 Å². The normalized spacial score (nSPS) is 11.1. The molecule has 12 heteroatoms. The first-order valence-electron chi connectivity index (χ1n) is 11.6. The topological polar surface area (TPSA) is 182 Å². The summed E-state index contributed by atoms with van der Waals surface area (Å²) < 4.78 is 12.4. The van der Waals surface area contributed by atoms with Crippen LogP contribution in [-0.4, -0.2) is 55.4 Å². The molecule has 1 unspecified atom stereocenters. The number of aromatic nitrogens is 5. The minimum atomic E-state index is -0.833. The SMILES string of the molecule is CC(=O)O.CCOc1cc(OC)cc(C(Cc2ccc(C(=N)N)cc2)c2nn(-c3ncccn3)c(=O)[nH]2)c1. The second-order valence-corrected chi connectivity index (χ2v) is 8.04. The number of methoxy groups -OCH3 is 1. The molecule has 12 nitrogen and oxygen atoms in total. The molecule has 198 valence electrons. The number of benzene rings is 2. The first kappa shape index (κ1) is 27.6. The number of nitrogen functional groups attached to an aromatic ring is 1. The summed E-state index contributed by atoms with van der Waals surface area (Å²) in [4.78, 5) is 32.8. The van der Waals surface area contributed by atoms with Crippen molar-refractivity contribution in [2.75, 3.05) is 13.7 Å². The molecule has 0 aliphatic heterocycles. The Hall–Kier alpha value is -5.00. The molecule has 38 heavy (non-hydrogen) atoms. The average molecular weight is 520 g/mol. The number of hydrogen-bond acceptors (Lipinski definition) is 8. The van der Waals surface area contributed by atoms with Crippen LogP contribution in [-0.2, 0) is 11.2 Å². The van der Waals surface area contributed by atoms with E-state index in [1.807, 2.05) is 37.3 Å². The maximum absolute atomic E-state index is 12.7. The molecule has 0 spiro atoms. The van der Waals surface area contributed by atoms with Gasteiger partial charge in [0.2, 0.25) is 0 Å². The Balaban J connectivity index is 0.000000934. The van der Waals surface area contributed by atoms with E-state index in [0.29, 0.717) is 35.9 Å². The van der Waals surface area contributed by atoms with Gasteiger partial charge < -0.3 is 20.3 Å². The third-order valence-electron chi connectivity index (χ3n) is 5.26. The van der Waals surface area contributed by atoms with Crippen molar-refractivity contribution in [2.45, 2.75) is 26.2 Å². The average Bonchev–Trinajstić information content (AvgIpc) is 3.28. The van der Waals surface area contributed by atoms with Crippen LogP contribution in [0, 0.1) is 5.41 Å². The number of ether oxygens (including phenoxy) is 2. The van der Waals surface area contributed by atoms with E-state index in [1.165, 1.54) is 0 Å². The highest BCUT2D eigenvalue weighted by molar-refractivity contribution is 5.94. The van der Waals surface area contributed by atoms with E-state index in [1.54, 1.807) is 37.7 Å². The van der Waals surface area contributed by atoms with Crippen molar-refractivity contribution in [3.05, 3.63) is 93.9 Å². The summed E-state index contributed by atoms with van der Waals surface area (Å²) in [7, 11) is 1.59. The largest absolute Gasteiger partial charge is 0.497 e. The number of rotatable bonds is 9. The minimum Gasteiger partial charge on any atom is -0.497 e. The highest BCUT2D eigenvalue weighted by Crippen LogP contribution is 2.32. The number of nitrogens with one attached hydrogen (secondary N) is 2. The summed E-state index contributed by atoms with van der Waals surface area (Å²) in [5.41, 5.74) is 7.62.